The summed E-state index contributed by atoms with van der Waals surface area (Å²) in [6.45, 7) is 8.85. The van der Waals surface area contributed by atoms with Crippen molar-refractivity contribution in [3.8, 4) is 0 Å². The van der Waals surface area contributed by atoms with Gasteiger partial charge in [0.2, 0.25) is 10.0 Å². The van der Waals surface area contributed by atoms with Crippen LogP contribution in [-0.4, -0.2) is 44.2 Å². The van der Waals surface area contributed by atoms with Crippen molar-refractivity contribution in [1.29, 1.82) is 0 Å². The standard InChI is InChI=1S/C18H30N2O3S/c1-14(2)11-16-13-20(10-9-18(16,3)21)12-15-5-7-17(8-6-15)24(22,23)19-4/h5-8,14,16,19,21H,9-13H2,1-4H3/t16-,18+/m0/s1. The maximum absolute atomic E-state index is 11.8. The Morgan fingerprint density at radius 2 is 1.96 bits per heavy atom. The molecule has 1 fully saturated rings. The van der Waals surface area contributed by atoms with Crippen LogP contribution in [0.1, 0.15) is 39.2 Å². The number of likely N-dealkylation sites (tertiary alicyclic amines) is 1. The summed E-state index contributed by atoms with van der Waals surface area (Å²) < 4.78 is 25.9. The molecule has 136 valence electrons. The van der Waals surface area contributed by atoms with Gasteiger partial charge in [0.25, 0.3) is 0 Å². The number of hydrogen-bond acceptors (Lipinski definition) is 4. The van der Waals surface area contributed by atoms with Crippen molar-refractivity contribution in [2.24, 2.45) is 11.8 Å². The summed E-state index contributed by atoms with van der Waals surface area (Å²) in [5.74, 6) is 0.836. The average molecular weight is 355 g/mol. The molecule has 5 nitrogen and oxygen atoms in total. The summed E-state index contributed by atoms with van der Waals surface area (Å²) in [5, 5.41) is 10.6. The Morgan fingerprint density at radius 3 is 2.50 bits per heavy atom. The van der Waals surface area contributed by atoms with E-state index in [1.54, 1.807) is 12.1 Å². The Bertz CT molecular complexity index is 639. The lowest BCUT2D eigenvalue weighted by molar-refractivity contribution is -0.0664. The second-order valence-electron chi connectivity index (χ2n) is 7.52. The van der Waals surface area contributed by atoms with Crippen molar-refractivity contribution >= 4 is 10.0 Å². The van der Waals surface area contributed by atoms with Crippen molar-refractivity contribution in [3.63, 3.8) is 0 Å². The van der Waals surface area contributed by atoms with Crippen LogP contribution in [0.4, 0.5) is 0 Å². The fourth-order valence-electron chi connectivity index (χ4n) is 3.38. The molecule has 1 aliphatic heterocycles. The normalized spacial score (nSPS) is 26.0. The molecule has 0 amide bonds. The van der Waals surface area contributed by atoms with Crippen LogP contribution in [0.25, 0.3) is 0 Å². The van der Waals surface area contributed by atoms with Gasteiger partial charge in [-0.05, 0) is 50.4 Å². The zero-order valence-electron chi connectivity index (χ0n) is 15.1. The van der Waals surface area contributed by atoms with Gasteiger partial charge in [-0.1, -0.05) is 26.0 Å². The first-order chi connectivity index (χ1) is 11.1. The molecule has 6 heteroatoms. The van der Waals surface area contributed by atoms with Crippen LogP contribution in [0.5, 0.6) is 0 Å². The molecule has 1 aliphatic rings. The van der Waals surface area contributed by atoms with E-state index >= 15 is 0 Å². The molecule has 1 saturated heterocycles. The summed E-state index contributed by atoms with van der Waals surface area (Å²) in [7, 11) is -1.97. The first kappa shape index (κ1) is 19.4. The molecule has 0 saturated carbocycles. The van der Waals surface area contributed by atoms with Gasteiger partial charge in [0.05, 0.1) is 10.5 Å². The number of nitrogens with zero attached hydrogens (tertiary/aromatic N) is 1. The van der Waals surface area contributed by atoms with Gasteiger partial charge in [-0.3, -0.25) is 4.90 Å². The second kappa shape index (κ2) is 7.52. The van der Waals surface area contributed by atoms with E-state index in [0.717, 1.165) is 38.0 Å². The number of sulfonamides is 1. The molecular weight excluding hydrogens is 324 g/mol. The molecule has 0 spiro atoms. The van der Waals surface area contributed by atoms with Crippen LogP contribution in [0.15, 0.2) is 29.2 Å². The van der Waals surface area contributed by atoms with Crippen molar-refractivity contribution in [2.45, 2.75) is 50.7 Å². The molecule has 0 radical (unpaired) electrons. The van der Waals surface area contributed by atoms with Crippen LogP contribution in [-0.2, 0) is 16.6 Å². The maximum Gasteiger partial charge on any atom is 0.240 e. The minimum Gasteiger partial charge on any atom is -0.390 e. The van der Waals surface area contributed by atoms with Gasteiger partial charge >= 0.3 is 0 Å². The predicted molar refractivity (Wildman–Crippen MR) is 96.2 cm³/mol. The molecule has 24 heavy (non-hydrogen) atoms. The number of piperidine rings is 1. The highest BCUT2D eigenvalue weighted by molar-refractivity contribution is 7.89. The first-order valence-corrected chi connectivity index (χ1v) is 10.1. The van der Waals surface area contributed by atoms with E-state index in [1.807, 2.05) is 19.1 Å². The monoisotopic (exact) mass is 354 g/mol. The van der Waals surface area contributed by atoms with Crippen LogP contribution < -0.4 is 4.72 Å². The Kier molecular flexibility index (Phi) is 6.07. The van der Waals surface area contributed by atoms with E-state index in [-0.39, 0.29) is 10.8 Å². The number of aliphatic hydroxyl groups is 1. The Balaban J connectivity index is 2.03. The number of benzene rings is 1. The number of nitrogens with one attached hydrogen (secondary N) is 1. The van der Waals surface area contributed by atoms with Crippen molar-refractivity contribution < 1.29 is 13.5 Å². The first-order valence-electron chi connectivity index (χ1n) is 8.61. The molecule has 1 aromatic carbocycles. The summed E-state index contributed by atoms with van der Waals surface area (Å²) in [5.41, 5.74) is 0.501. The summed E-state index contributed by atoms with van der Waals surface area (Å²) in [4.78, 5) is 2.64. The minimum absolute atomic E-state index is 0.273. The lowest BCUT2D eigenvalue weighted by atomic mass is 9.78. The van der Waals surface area contributed by atoms with Gasteiger partial charge in [-0.2, -0.15) is 0 Å². The third-order valence-corrected chi connectivity index (χ3v) is 6.39. The molecule has 2 N–H and O–H groups in total. The van der Waals surface area contributed by atoms with E-state index in [2.05, 4.69) is 23.5 Å². The SMILES string of the molecule is CNS(=O)(=O)c1ccc(CN2CC[C@@](C)(O)[C@@H](CC(C)C)C2)cc1. The van der Waals surface area contributed by atoms with Crippen molar-refractivity contribution in [2.75, 3.05) is 20.1 Å². The van der Waals surface area contributed by atoms with Gasteiger partial charge in [0.1, 0.15) is 0 Å². The molecule has 0 aromatic heterocycles. The zero-order valence-corrected chi connectivity index (χ0v) is 15.9. The lowest BCUT2D eigenvalue weighted by Gasteiger charge is -2.43. The smallest absolute Gasteiger partial charge is 0.240 e. The fraction of sp³-hybridized carbons (Fsp3) is 0.667. The Hall–Kier alpha value is -0.950. The van der Waals surface area contributed by atoms with E-state index in [9.17, 15) is 13.5 Å². The molecule has 2 rings (SSSR count). The quantitative estimate of drug-likeness (QED) is 0.822. The summed E-state index contributed by atoms with van der Waals surface area (Å²) in [6.07, 6.45) is 1.79. The second-order valence-corrected chi connectivity index (χ2v) is 9.41. The molecular formula is C18H30N2O3S. The molecule has 1 aromatic rings. The molecule has 2 atom stereocenters. The van der Waals surface area contributed by atoms with Gasteiger partial charge in [0, 0.05) is 25.6 Å². The van der Waals surface area contributed by atoms with Crippen LogP contribution >= 0.6 is 0 Å². The van der Waals surface area contributed by atoms with E-state index in [1.165, 1.54) is 7.05 Å². The highest BCUT2D eigenvalue weighted by Crippen LogP contribution is 2.32. The molecule has 0 bridgehead atoms. The lowest BCUT2D eigenvalue weighted by Crippen LogP contribution is -2.50. The van der Waals surface area contributed by atoms with Gasteiger partial charge in [0.15, 0.2) is 0 Å². The largest absolute Gasteiger partial charge is 0.390 e. The molecule has 0 aliphatic carbocycles. The number of hydrogen-bond donors (Lipinski definition) is 2. The topological polar surface area (TPSA) is 69.6 Å². The average Bonchev–Trinajstić information content (AvgIpc) is 2.51. The fourth-order valence-corrected chi connectivity index (χ4v) is 4.11. The highest BCUT2D eigenvalue weighted by atomic mass is 32.2. The van der Waals surface area contributed by atoms with Gasteiger partial charge < -0.3 is 5.11 Å². The van der Waals surface area contributed by atoms with Crippen LogP contribution in [0, 0.1) is 11.8 Å². The summed E-state index contributed by atoms with van der Waals surface area (Å²) in [6, 6.07) is 7.03. The zero-order chi connectivity index (χ0) is 18.0. The maximum atomic E-state index is 11.8. The third kappa shape index (κ3) is 4.79. The Labute approximate surface area is 146 Å². The summed E-state index contributed by atoms with van der Waals surface area (Å²) >= 11 is 0. The van der Waals surface area contributed by atoms with Gasteiger partial charge in [-0.25, -0.2) is 13.1 Å². The van der Waals surface area contributed by atoms with Gasteiger partial charge in [-0.15, -0.1) is 0 Å². The highest BCUT2D eigenvalue weighted by Gasteiger charge is 2.37. The third-order valence-electron chi connectivity index (χ3n) is 4.96. The van der Waals surface area contributed by atoms with Crippen LogP contribution in [0.2, 0.25) is 0 Å². The number of rotatable bonds is 6. The predicted octanol–water partition coefficient (Wildman–Crippen LogP) is 2.21. The van der Waals surface area contributed by atoms with Crippen molar-refractivity contribution in [3.05, 3.63) is 29.8 Å². The van der Waals surface area contributed by atoms with E-state index < -0.39 is 15.6 Å². The molecule has 1 heterocycles. The van der Waals surface area contributed by atoms with E-state index in [4.69, 9.17) is 0 Å². The van der Waals surface area contributed by atoms with Crippen molar-refractivity contribution in [1.82, 2.24) is 9.62 Å². The minimum atomic E-state index is -3.38. The van der Waals surface area contributed by atoms with Crippen LogP contribution in [0.3, 0.4) is 0 Å². The molecule has 0 unspecified atom stereocenters. The van der Waals surface area contributed by atoms with E-state index in [0.29, 0.717) is 5.92 Å². The Morgan fingerprint density at radius 1 is 1.33 bits per heavy atom.